The molecule has 1 unspecified atom stereocenters. The Morgan fingerprint density at radius 3 is 2.58 bits per heavy atom. The molecule has 2 aromatic rings. The molecule has 0 saturated carbocycles. The molecule has 0 aliphatic carbocycles. The summed E-state index contributed by atoms with van der Waals surface area (Å²) in [5.74, 6) is -0.284. The number of piperazine rings is 1. The first-order valence-electron chi connectivity index (χ1n) is 8.40. The molecule has 1 N–H and O–H groups in total. The molecule has 1 saturated heterocycles. The number of Topliss-reactive ketones (excluding diaryl/α,β-unsaturated/α-hetero) is 1. The van der Waals surface area contributed by atoms with Gasteiger partial charge < -0.3 is 10.2 Å². The second kappa shape index (κ2) is 8.92. The lowest BCUT2D eigenvalue weighted by Gasteiger charge is -2.36. The third-order valence-electron chi connectivity index (χ3n) is 4.51. The number of nitrogens with one attached hydrogen (secondary N) is 1. The van der Waals surface area contributed by atoms with Crippen LogP contribution in [0.3, 0.4) is 0 Å². The van der Waals surface area contributed by atoms with E-state index in [2.05, 4.69) is 5.32 Å². The average molecular weight is 377 g/mol. The lowest BCUT2D eigenvalue weighted by molar-refractivity contribution is -0.133. The first-order chi connectivity index (χ1) is 12.0. The molecule has 26 heavy (non-hydrogen) atoms. The highest BCUT2D eigenvalue weighted by atomic mass is 35.5. The van der Waals surface area contributed by atoms with E-state index < -0.39 is 0 Å². The van der Waals surface area contributed by atoms with Gasteiger partial charge in [0.2, 0.25) is 5.91 Å². The van der Waals surface area contributed by atoms with Gasteiger partial charge in [-0.2, -0.15) is 0 Å². The fraction of sp³-hybridized carbons (Fsp3) is 0.300. The molecule has 1 atom stereocenters. The Morgan fingerprint density at radius 1 is 1.19 bits per heavy atom. The van der Waals surface area contributed by atoms with Crippen LogP contribution in [0.25, 0.3) is 0 Å². The Hall–Kier alpha value is -2.24. The van der Waals surface area contributed by atoms with Crippen molar-refractivity contribution in [1.29, 1.82) is 0 Å². The van der Waals surface area contributed by atoms with E-state index in [1.54, 1.807) is 18.2 Å². The summed E-state index contributed by atoms with van der Waals surface area (Å²) in [6.45, 7) is 3.44. The Balaban J connectivity index is 0.00000243. The summed E-state index contributed by atoms with van der Waals surface area (Å²) in [7, 11) is 0. The average Bonchev–Trinajstić information content (AvgIpc) is 2.62. The highest BCUT2D eigenvalue weighted by molar-refractivity contribution is 5.94. The van der Waals surface area contributed by atoms with Crippen molar-refractivity contribution in [3.8, 4) is 0 Å². The van der Waals surface area contributed by atoms with Gasteiger partial charge in [-0.1, -0.05) is 36.4 Å². The Morgan fingerprint density at radius 2 is 1.92 bits per heavy atom. The summed E-state index contributed by atoms with van der Waals surface area (Å²) in [5, 5.41) is 3.27. The summed E-state index contributed by atoms with van der Waals surface area (Å²) < 4.78 is 13.5. The van der Waals surface area contributed by atoms with Gasteiger partial charge in [-0.3, -0.25) is 9.59 Å². The van der Waals surface area contributed by atoms with Crippen molar-refractivity contribution < 1.29 is 14.0 Å². The first kappa shape index (κ1) is 20.1. The molecule has 1 amide bonds. The molecule has 0 bridgehead atoms. The highest BCUT2D eigenvalue weighted by Gasteiger charge is 2.28. The van der Waals surface area contributed by atoms with Gasteiger partial charge in [0.1, 0.15) is 5.82 Å². The third kappa shape index (κ3) is 4.68. The summed E-state index contributed by atoms with van der Waals surface area (Å²) in [6, 6.07) is 13.3. The second-order valence-corrected chi connectivity index (χ2v) is 6.29. The van der Waals surface area contributed by atoms with Crippen LogP contribution in [0.15, 0.2) is 48.5 Å². The van der Waals surface area contributed by atoms with Crippen molar-refractivity contribution in [3.05, 3.63) is 71.0 Å². The van der Waals surface area contributed by atoms with Crippen molar-refractivity contribution in [2.45, 2.75) is 19.4 Å². The molecule has 6 heteroatoms. The van der Waals surface area contributed by atoms with Gasteiger partial charge in [0.05, 0.1) is 12.5 Å². The maximum atomic E-state index is 13.5. The van der Waals surface area contributed by atoms with E-state index in [9.17, 15) is 14.0 Å². The van der Waals surface area contributed by atoms with Gasteiger partial charge in [-0.05, 0) is 30.2 Å². The van der Waals surface area contributed by atoms with Crippen LogP contribution in [0.2, 0.25) is 0 Å². The molecule has 0 radical (unpaired) electrons. The number of hydrogen-bond donors (Lipinski definition) is 1. The van der Waals surface area contributed by atoms with Crippen molar-refractivity contribution in [2.24, 2.45) is 0 Å². The van der Waals surface area contributed by atoms with Crippen LogP contribution in [0.5, 0.6) is 0 Å². The van der Waals surface area contributed by atoms with Crippen LogP contribution in [0.1, 0.15) is 34.5 Å². The number of rotatable bonds is 4. The van der Waals surface area contributed by atoms with E-state index in [0.717, 1.165) is 17.7 Å². The van der Waals surface area contributed by atoms with E-state index in [1.807, 2.05) is 23.1 Å². The van der Waals surface area contributed by atoms with E-state index in [1.165, 1.54) is 19.1 Å². The van der Waals surface area contributed by atoms with Gasteiger partial charge in [-0.25, -0.2) is 4.39 Å². The van der Waals surface area contributed by atoms with Gasteiger partial charge >= 0.3 is 0 Å². The minimum atomic E-state index is -0.296. The van der Waals surface area contributed by atoms with E-state index in [4.69, 9.17) is 0 Å². The molecule has 1 aliphatic rings. The monoisotopic (exact) mass is 376 g/mol. The Kier molecular flexibility index (Phi) is 6.89. The summed E-state index contributed by atoms with van der Waals surface area (Å²) in [5.41, 5.74) is 2.30. The number of hydrogen-bond acceptors (Lipinski definition) is 3. The number of carbonyl (C=O) groups is 2. The van der Waals surface area contributed by atoms with E-state index in [0.29, 0.717) is 18.7 Å². The van der Waals surface area contributed by atoms with Gasteiger partial charge in [0, 0.05) is 25.2 Å². The molecule has 0 spiro atoms. The fourth-order valence-corrected chi connectivity index (χ4v) is 3.15. The van der Waals surface area contributed by atoms with Crippen LogP contribution in [0.4, 0.5) is 4.39 Å². The number of ketones is 1. The van der Waals surface area contributed by atoms with Crippen molar-refractivity contribution in [3.63, 3.8) is 0 Å². The fourth-order valence-electron chi connectivity index (χ4n) is 3.15. The number of halogens is 2. The molecule has 1 aliphatic heterocycles. The van der Waals surface area contributed by atoms with Crippen molar-refractivity contribution in [2.75, 3.05) is 19.6 Å². The summed E-state index contributed by atoms with van der Waals surface area (Å²) in [4.78, 5) is 25.9. The molecule has 1 fully saturated rings. The van der Waals surface area contributed by atoms with Crippen LogP contribution in [-0.4, -0.2) is 36.2 Å². The zero-order valence-corrected chi connectivity index (χ0v) is 15.4. The summed E-state index contributed by atoms with van der Waals surface area (Å²) in [6.07, 6.45) is 0.268. The molecule has 4 nitrogen and oxygen atoms in total. The number of benzene rings is 2. The largest absolute Gasteiger partial charge is 0.333 e. The smallest absolute Gasteiger partial charge is 0.227 e. The minimum absolute atomic E-state index is 0. The number of nitrogens with zero attached hydrogens (tertiary/aromatic N) is 1. The van der Waals surface area contributed by atoms with Gasteiger partial charge in [-0.15, -0.1) is 12.4 Å². The van der Waals surface area contributed by atoms with Crippen molar-refractivity contribution >= 4 is 24.1 Å². The minimum Gasteiger partial charge on any atom is -0.333 e. The molecule has 2 aromatic carbocycles. The molecule has 138 valence electrons. The quantitative estimate of drug-likeness (QED) is 0.834. The SMILES string of the molecule is CC(=O)c1ccc(CC(=O)N2CCNCC2c2cccc(F)c2)cc1.Cl. The summed E-state index contributed by atoms with van der Waals surface area (Å²) >= 11 is 0. The molecular formula is C20H22ClFN2O2. The number of carbonyl (C=O) groups excluding carboxylic acids is 2. The molecular weight excluding hydrogens is 355 g/mol. The Labute approximate surface area is 158 Å². The topological polar surface area (TPSA) is 49.4 Å². The lowest BCUT2D eigenvalue weighted by atomic mass is 10.0. The molecule has 1 heterocycles. The highest BCUT2D eigenvalue weighted by Crippen LogP contribution is 2.24. The zero-order valence-electron chi connectivity index (χ0n) is 14.6. The standard InChI is InChI=1S/C20H21FN2O2.ClH/c1-14(24)16-7-5-15(6-8-16)11-20(25)23-10-9-22-13-19(23)17-3-2-4-18(21)12-17;/h2-8,12,19,22H,9-11,13H2,1H3;1H. The maximum absolute atomic E-state index is 13.5. The van der Waals surface area contributed by atoms with Crippen LogP contribution >= 0.6 is 12.4 Å². The molecule has 0 aromatic heterocycles. The Bertz CT molecular complexity index is 780. The van der Waals surface area contributed by atoms with Crippen LogP contribution < -0.4 is 5.32 Å². The normalized spacial score (nSPS) is 16.7. The van der Waals surface area contributed by atoms with Crippen LogP contribution in [0, 0.1) is 5.82 Å². The lowest BCUT2D eigenvalue weighted by Crippen LogP contribution is -2.49. The van der Waals surface area contributed by atoms with E-state index in [-0.39, 0.29) is 42.4 Å². The maximum Gasteiger partial charge on any atom is 0.227 e. The van der Waals surface area contributed by atoms with Crippen LogP contribution in [-0.2, 0) is 11.2 Å². The third-order valence-corrected chi connectivity index (χ3v) is 4.51. The predicted molar refractivity (Wildman–Crippen MR) is 101 cm³/mol. The first-order valence-corrected chi connectivity index (χ1v) is 8.40. The second-order valence-electron chi connectivity index (χ2n) is 6.29. The zero-order chi connectivity index (χ0) is 17.8. The van der Waals surface area contributed by atoms with Gasteiger partial charge in [0.15, 0.2) is 5.78 Å². The van der Waals surface area contributed by atoms with E-state index >= 15 is 0 Å². The predicted octanol–water partition coefficient (Wildman–Crippen LogP) is 3.17. The van der Waals surface area contributed by atoms with Gasteiger partial charge in [0.25, 0.3) is 0 Å². The molecule has 3 rings (SSSR count). The number of amides is 1. The van der Waals surface area contributed by atoms with Crippen molar-refractivity contribution in [1.82, 2.24) is 10.2 Å².